The molecule has 0 saturated heterocycles. The molecule has 0 spiro atoms. The lowest BCUT2D eigenvalue weighted by molar-refractivity contribution is 0.577. The highest BCUT2D eigenvalue weighted by Gasteiger charge is 2.10. The average Bonchev–Trinajstić information content (AvgIpc) is 3.36. The second-order valence-electron chi connectivity index (χ2n) is 5.47. The minimum Gasteiger partial charge on any atom is -0.461 e. The molecule has 0 aliphatic carbocycles. The molecule has 0 fully saturated rings. The second-order valence-corrected chi connectivity index (χ2v) is 6.23. The molecule has 26 heavy (non-hydrogen) atoms. The summed E-state index contributed by atoms with van der Waals surface area (Å²) in [6, 6.07) is 5.42. The third-order valence-corrected chi connectivity index (χ3v) is 4.50. The van der Waals surface area contributed by atoms with E-state index in [-0.39, 0.29) is 0 Å². The van der Waals surface area contributed by atoms with Crippen LogP contribution in [0.3, 0.4) is 0 Å². The fourth-order valence-electron chi connectivity index (χ4n) is 2.31. The minimum atomic E-state index is 0.345. The Kier molecular flexibility index (Phi) is 5.85. The summed E-state index contributed by atoms with van der Waals surface area (Å²) in [4.78, 5) is 8.88. The van der Waals surface area contributed by atoms with E-state index in [4.69, 9.17) is 27.6 Å². The number of nitrogens with zero attached hydrogens (tertiary/aromatic N) is 4. The summed E-state index contributed by atoms with van der Waals surface area (Å²) in [6.45, 7) is 3.60. The first-order valence-electron chi connectivity index (χ1n) is 8.05. The summed E-state index contributed by atoms with van der Waals surface area (Å²) in [6.07, 6.45) is 1.58. The van der Waals surface area contributed by atoms with Crippen LogP contribution in [0.15, 0.2) is 33.9 Å². The van der Waals surface area contributed by atoms with Gasteiger partial charge in [-0.05, 0) is 25.1 Å². The molecule has 0 atom stereocenters. The number of hydrogen-bond donors (Lipinski definition) is 3. The highest BCUT2D eigenvalue weighted by molar-refractivity contribution is 6.41. The van der Waals surface area contributed by atoms with E-state index >= 15 is 0 Å². The van der Waals surface area contributed by atoms with E-state index in [1.165, 1.54) is 0 Å². The van der Waals surface area contributed by atoms with E-state index in [1.54, 1.807) is 18.4 Å². The lowest BCUT2D eigenvalue weighted by Crippen LogP contribution is -2.37. The normalized spacial score (nSPS) is 11.8. The molecule has 0 aromatic carbocycles. The van der Waals surface area contributed by atoms with Crippen molar-refractivity contribution in [2.45, 2.75) is 20.0 Å². The first kappa shape index (κ1) is 18.3. The van der Waals surface area contributed by atoms with Crippen LogP contribution in [0.5, 0.6) is 0 Å². The van der Waals surface area contributed by atoms with Gasteiger partial charge in [0.05, 0.1) is 17.8 Å². The summed E-state index contributed by atoms with van der Waals surface area (Å²) in [5.41, 5.74) is 0.949. The Morgan fingerprint density at radius 2 is 2.23 bits per heavy atom. The number of rotatable bonds is 6. The van der Waals surface area contributed by atoms with Gasteiger partial charge in [-0.15, -0.1) is 5.10 Å². The average molecular weight is 396 g/mol. The zero-order valence-electron chi connectivity index (χ0n) is 14.4. The summed E-state index contributed by atoms with van der Waals surface area (Å²) < 4.78 is 7.10. The van der Waals surface area contributed by atoms with Crippen LogP contribution in [0.2, 0.25) is 10.2 Å². The Labute approximate surface area is 160 Å². The predicted molar refractivity (Wildman–Crippen MR) is 101 cm³/mol. The number of H-pyrrole nitrogens is 1. The Hall–Kier alpha value is -2.45. The molecule has 0 radical (unpaired) electrons. The Balaban J connectivity index is 1.64. The van der Waals surface area contributed by atoms with Crippen molar-refractivity contribution >= 4 is 29.2 Å². The van der Waals surface area contributed by atoms with Crippen LogP contribution in [0.1, 0.15) is 18.4 Å². The van der Waals surface area contributed by atoms with Crippen LogP contribution in [0, 0.1) is 0 Å². The van der Waals surface area contributed by atoms with Crippen LogP contribution in [-0.2, 0) is 20.1 Å². The van der Waals surface area contributed by atoms with Crippen molar-refractivity contribution in [2.24, 2.45) is 12.0 Å². The maximum absolute atomic E-state index is 6.09. The molecule has 0 amide bonds. The highest BCUT2D eigenvalue weighted by atomic mass is 35.5. The number of halogens is 2. The molecule has 138 valence electrons. The Morgan fingerprint density at radius 1 is 1.38 bits per heavy atom. The monoisotopic (exact) mass is 395 g/mol. The molecule has 8 nitrogen and oxygen atoms in total. The van der Waals surface area contributed by atoms with Gasteiger partial charge in [-0.1, -0.05) is 23.2 Å². The number of aromatic amines is 1. The van der Waals surface area contributed by atoms with Crippen LogP contribution in [-0.4, -0.2) is 32.3 Å². The standard InChI is InChI=1S/C16H19Cl2N7O/c1-3-19-16(20-8-10-7-11(17)14(18)25(10)2)21-9-13-22-15(24-23-13)12-5-4-6-26-12/h4-7H,3,8-9H2,1-2H3,(H2,19,20,21)(H,22,23,24). The van der Waals surface area contributed by atoms with Gasteiger partial charge in [0.2, 0.25) is 5.82 Å². The van der Waals surface area contributed by atoms with E-state index in [0.717, 1.165) is 12.2 Å². The van der Waals surface area contributed by atoms with E-state index in [9.17, 15) is 0 Å². The SMILES string of the molecule is CCNC(=NCc1nc(-c2ccco2)n[nH]1)NCc1cc(Cl)c(Cl)n1C. The smallest absolute Gasteiger partial charge is 0.216 e. The molecular weight excluding hydrogens is 377 g/mol. The molecule has 0 saturated carbocycles. The third kappa shape index (κ3) is 4.20. The van der Waals surface area contributed by atoms with Gasteiger partial charge in [-0.25, -0.2) is 9.98 Å². The van der Waals surface area contributed by atoms with Crippen molar-refractivity contribution in [2.75, 3.05) is 6.54 Å². The quantitative estimate of drug-likeness (QED) is 0.440. The molecule has 0 bridgehead atoms. The molecule has 0 unspecified atom stereocenters. The first-order valence-corrected chi connectivity index (χ1v) is 8.81. The van der Waals surface area contributed by atoms with Crippen molar-refractivity contribution in [1.82, 2.24) is 30.4 Å². The lowest BCUT2D eigenvalue weighted by atomic mass is 10.4. The minimum absolute atomic E-state index is 0.345. The van der Waals surface area contributed by atoms with Gasteiger partial charge in [0.1, 0.15) is 17.5 Å². The van der Waals surface area contributed by atoms with Crippen LogP contribution in [0.25, 0.3) is 11.6 Å². The van der Waals surface area contributed by atoms with E-state index in [1.807, 2.05) is 24.6 Å². The topological polar surface area (TPSA) is 96.1 Å². The van der Waals surface area contributed by atoms with Gasteiger partial charge < -0.3 is 19.6 Å². The molecule has 3 aromatic heterocycles. The summed E-state index contributed by atoms with van der Waals surface area (Å²) in [5, 5.41) is 14.5. The number of guanidine groups is 1. The fraction of sp³-hybridized carbons (Fsp3) is 0.312. The number of hydrogen-bond acceptors (Lipinski definition) is 4. The van der Waals surface area contributed by atoms with Crippen molar-refractivity contribution < 1.29 is 4.42 Å². The van der Waals surface area contributed by atoms with Gasteiger partial charge in [0.25, 0.3) is 0 Å². The van der Waals surface area contributed by atoms with Crippen LogP contribution < -0.4 is 10.6 Å². The molecule has 10 heteroatoms. The molecule has 0 aliphatic heterocycles. The number of aliphatic imine (C=N–C) groups is 1. The largest absolute Gasteiger partial charge is 0.461 e. The van der Waals surface area contributed by atoms with E-state index < -0.39 is 0 Å². The van der Waals surface area contributed by atoms with Crippen molar-refractivity contribution in [1.29, 1.82) is 0 Å². The predicted octanol–water partition coefficient (Wildman–Crippen LogP) is 2.97. The number of aromatic nitrogens is 4. The molecule has 3 heterocycles. The summed E-state index contributed by atoms with van der Waals surface area (Å²) in [7, 11) is 1.86. The summed E-state index contributed by atoms with van der Waals surface area (Å²) in [5.74, 6) is 2.40. The van der Waals surface area contributed by atoms with E-state index in [2.05, 4.69) is 30.8 Å². The number of nitrogens with one attached hydrogen (secondary N) is 3. The van der Waals surface area contributed by atoms with Gasteiger partial charge in [0, 0.05) is 19.3 Å². The fourth-order valence-corrected chi connectivity index (χ4v) is 2.73. The van der Waals surface area contributed by atoms with E-state index in [0.29, 0.717) is 46.6 Å². The Morgan fingerprint density at radius 3 is 2.88 bits per heavy atom. The maximum atomic E-state index is 6.09. The molecule has 3 rings (SSSR count). The highest BCUT2D eigenvalue weighted by Crippen LogP contribution is 2.24. The molecule has 3 aromatic rings. The van der Waals surface area contributed by atoms with Crippen molar-refractivity contribution in [3.63, 3.8) is 0 Å². The van der Waals surface area contributed by atoms with Gasteiger partial charge in [-0.2, -0.15) is 0 Å². The first-order chi connectivity index (χ1) is 12.6. The Bertz CT molecular complexity index is 883. The third-order valence-electron chi connectivity index (χ3n) is 3.66. The van der Waals surface area contributed by atoms with Crippen molar-refractivity contribution in [3.8, 4) is 11.6 Å². The molecule has 0 aliphatic rings. The molecule has 3 N–H and O–H groups in total. The zero-order valence-corrected chi connectivity index (χ0v) is 15.9. The maximum Gasteiger partial charge on any atom is 0.216 e. The zero-order chi connectivity index (χ0) is 18.5. The lowest BCUT2D eigenvalue weighted by Gasteiger charge is -2.11. The van der Waals surface area contributed by atoms with Crippen LogP contribution in [0.4, 0.5) is 0 Å². The van der Waals surface area contributed by atoms with Crippen LogP contribution >= 0.6 is 23.2 Å². The van der Waals surface area contributed by atoms with Gasteiger partial charge >= 0.3 is 0 Å². The summed E-state index contributed by atoms with van der Waals surface area (Å²) >= 11 is 12.1. The second kappa shape index (κ2) is 8.29. The van der Waals surface area contributed by atoms with Gasteiger partial charge in [-0.3, -0.25) is 5.10 Å². The van der Waals surface area contributed by atoms with Crippen molar-refractivity contribution in [3.05, 3.63) is 46.2 Å². The number of furan rings is 1. The molecular formula is C16H19Cl2N7O. The van der Waals surface area contributed by atoms with Gasteiger partial charge in [0.15, 0.2) is 11.7 Å².